The van der Waals surface area contributed by atoms with Crippen LogP contribution in [0.3, 0.4) is 0 Å². The zero-order valence-corrected chi connectivity index (χ0v) is 17.0. The molecule has 1 heterocycles. The number of nitriles is 1. The van der Waals surface area contributed by atoms with Crippen molar-refractivity contribution >= 4 is 5.91 Å². The first-order chi connectivity index (χ1) is 14.0. The number of ether oxygens (including phenoxy) is 2. The number of carbonyl (C=O) groups excluding carboxylic acids is 1. The summed E-state index contributed by atoms with van der Waals surface area (Å²) in [4.78, 5) is 12.4. The van der Waals surface area contributed by atoms with Crippen molar-refractivity contribution in [1.82, 2.24) is 15.5 Å². The van der Waals surface area contributed by atoms with Gasteiger partial charge in [0, 0.05) is 12.1 Å². The Balaban J connectivity index is 1.50. The van der Waals surface area contributed by atoms with Crippen LogP contribution in [0.25, 0.3) is 0 Å². The molecule has 1 aromatic heterocycles. The van der Waals surface area contributed by atoms with Gasteiger partial charge < -0.3 is 14.8 Å². The minimum atomic E-state index is -0.186. The van der Waals surface area contributed by atoms with E-state index in [0.29, 0.717) is 22.8 Å². The van der Waals surface area contributed by atoms with E-state index in [1.54, 1.807) is 24.3 Å². The third-order valence-corrected chi connectivity index (χ3v) is 5.11. The van der Waals surface area contributed by atoms with Crippen molar-refractivity contribution in [2.75, 3.05) is 7.11 Å². The number of hydrogen-bond donors (Lipinski definition) is 1. The molecule has 0 saturated heterocycles. The maximum absolute atomic E-state index is 12.4. The molecule has 1 aromatic carbocycles. The standard InChI is InChI=1S/C22H26N4O3/c1-14(2)19-10-11-20(26-25-19)22(27)24-16-5-8-17(9-6-16)29-18-7-4-15(13-23)21(12-18)28-3/h4,7,10-12,14,16-17H,5-6,8-9H2,1-3H3,(H,24,27). The van der Waals surface area contributed by atoms with Crippen LogP contribution in [0.1, 0.15) is 67.2 Å². The monoisotopic (exact) mass is 394 g/mol. The molecule has 1 fully saturated rings. The fourth-order valence-electron chi connectivity index (χ4n) is 3.39. The first-order valence-electron chi connectivity index (χ1n) is 9.89. The zero-order valence-electron chi connectivity index (χ0n) is 17.0. The highest BCUT2D eigenvalue weighted by molar-refractivity contribution is 5.92. The Bertz CT molecular complexity index is 882. The van der Waals surface area contributed by atoms with Crippen LogP contribution < -0.4 is 14.8 Å². The lowest BCUT2D eigenvalue weighted by Gasteiger charge is -2.29. The Morgan fingerprint density at radius 3 is 2.52 bits per heavy atom. The fraction of sp³-hybridized carbons (Fsp3) is 0.455. The second-order valence-corrected chi connectivity index (χ2v) is 7.54. The number of nitrogens with zero attached hydrogens (tertiary/aromatic N) is 3. The highest BCUT2D eigenvalue weighted by Gasteiger charge is 2.24. The van der Waals surface area contributed by atoms with E-state index in [9.17, 15) is 4.79 Å². The van der Waals surface area contributed by atoms with E-state index >= 15 is 0 Å². The van der Waals surface area contributed by atoms with Crippen molar-refractivity contribution in [2.45, 2.75) is 57.6 Å². The summed E-state index contributed by atoms with van der Waals surface area (Å²) in [5, 5.41) is 20.3. The molecule has 7 heteroatoms. The Labute approximate surface area is 171 Å². The quantitative estimate of drug-likeness (QED) is 0.804. The number of hydrogen-bond acceptors (Lipinski definition) is 6. The van der Waals surface area contributed by atoms with E-state index in [1.165, 1.54) is 7.11 Å². The minimum absolute atomic E-state index is 0.0749. The second kappa shape index (κ2) is 9.37. The third kappa shape index (κ3) is 5.23. The summed E-state index contributed by atoms with van der Waals surface area (Å²) < 4.78 is 11.3. The van der Waals surface area contributed by atoms with E-state index in [2.05, 4.69) is 21.6 Å². The average molecular weight is 394 g/mol. The van der Waals surface area contributed by atoms with Gasteiger partial charge >= 0.3 is 0 Å². The minimum Gasteiger partial charge on any atom is -0.495 e. The van der Waals surface area contributed by atoms with Gasteiger partial charge in [0.25, 0.3) is 5.91 Å². The molecule has 1 N–H and O–H groups in total. The van der Waals surface area contributed by atoms with Crippen LogP contribution in [0.5, 0.6) is 11.5 Å². The number of nitrogens with one attached hydrogen (secondary N) is 1. The first kappa shape index (κ1) is 20.6. The zero-order chi connectivity index (χ0) is 20.8. The molecule has 1 aliphatic rings. The van der Waals surface area contributed by atoms with Crippen LogP contribution in [0, 0.1) is 11.3 Å². The number of carbonyl (C=O) groups is 1. The van der Waals surface area contributed by atoms with Crippen molar-refractivity contribution in [3.8, 4) is 17.6 Å². The molecular weight excluding hydrogens is 368 g/mol. The molecule has 0 spiro atoms. The van der Waals surface area contributed by atoms with E-state index in [-0.39, 0.29) is 24.0 Å². The summed E-state index contributed by atoms with van der Waals surface area (Å²) in [6.07, 6.45) is 3.42. The number of aromatic nitrogens is 2. The summed E-state index contributed by atoms with van der Waals surface area (Å²) in [6, 6.07) is 11.0. The summed E-state index contributed by atoms with van der Waals surface area (Å²) in [7, 11) is 1.54. The van der Waals surface area contributed by atoms with Crippen molar-refractivity contribution in [1.29, 1.82) is 5.26 Å². The molecule has 0 unspecified atom stereocenters. The molecule has 0 bridgehead atoms. The van der Waals surface area contributed by atoms with Gasteiger partial charge in [-0.1, -0.05) is 13.8 Å². The molecule has 152 valence electrons. The maximum atomic E-state index is 12.4. The van der Waals surface area contributed by atoms with Crippen LogP contribution in [0.15, 0.2) is 30.3 Å². The van der Waals surface area contributed by atoms with Crippen molar-refractivity contribution in [3.05, 3.63) is 47.3 Å². The summed E-state index contributed by atoms with van der Waals surface area (Å²) >= 11 is 0. The summed E-state index contributed by atoms with van der Waals surface area (Å²) in [5.74, 6) is 1.30. The molecule has 2 aromatic rings. The number of amides is 1. The highest BCUT2D eigenvalue weighted by atomic mass is 16.5. The van der Waals surface area contributed by atoms with E-state index in [4.69, 9.17) is 14.7 Å². The Kier molecular flexibility index (Phi) is 6.65. The molecule has 1 aliphatic carbocycles. The van der Waals surface area contributed by atoms with E-state index in [1.807, 2.05) is 19.9 Å². The highest BCUT2D eigenvalue weighted by Crippen LogP contribution is 2.28. The second-order valence-electron chi connectivity index (χ2n) is 7.54. The van der Waals surface area contributed by atoms with Gasteiger partial charge in [0.15, 0.2) is 5.69 Å². The Morgan fingerprint density at radius 1 is 1.17 bits per heavy atom. The van der Waals surface area contributed by atoms with Gasteiger partial charge in [0.1, 0.15) is 17.6 Å². The lowest BCUT2D eigenvalue weighted by atomic mass is 9.92. The fourth-order valence-corrected chi connectivity index (χ4v) is 3.39. The van der Waals surface area contributed by atoms with Crippen molar-refractivity contribution in [3.63, 3.8) is 0 Å². The molecule has 1 amide bonds. The SMILES string of the molecule is COc1cc(OC2CCC(NC(=O)c3ccc(C(C)C)nn3)CC2)ccc1C#N. The van der Waals surface area contributed by atoms with Gasteiger partial charge in [-0.2, -0.15) is 10.4 Å². The van der Waals surface area contributed by atoms with Gasteiger partial charge in [-0.15, -0.1) is 5.10 Å². The van der Waals surface area contributed by atoms with Crippen LogP contribution in [0.2, 0.25) is 0 Å². The van der Waals surface area contributed by atoms with Gasteiger partial charge in [-0.05, 0) is 55.9 Å². The van der Waals surface area contributed by atoms with Crippen LogP contribution in [-0.4, -0.2) is 35.4 Å². The topological polar surface area (TPSA) is 97.1 Å². The molecule has 29 heavy (non-hydrogen) atoms. The maximum Gasteiger partial charge on any atom is 0.272 e. The van der Waals surface area contributed by atoms with Crippen molar-refractivity contribution < 1.29 is 14.3 Å². The summed E-state index contributed by atoms with van der Waals surface area (Å²) in [6.45, 7) is 4.08. The molecule has 0 radical (unpaired) electrons. The molecule has 7 nitrogen and oxygen atoms in total. The predicted molar refractivity (Wildman–Crippen MR) is 108 cm³/mol. The number of benzene rings is 1. The molecule has 0 aliphatic heterocycles. The summed E-state index contributed by atoms with van der Waals surface area (Å²) in [5.41, 5.74) is 1.70. The van der Waals surface area contributed by atoms with Crippen LogP contribution in [0.4, 0.5) is 0 Å². The van der Waals surface area contributed by atoms with Gasteiger partial charge in [0.05, 0.1) is 24.5 Å². The normalized spacial score (nSPS) is 18.7. The van der Waals surface area contributed by atoms with Crippen LogP contribution in [-0.2, 0) is 0 Å². The predicted octanol–water partition coefficient (Wildman–Crippen LogP) is 3.60. The number of rotatable bonds is 6. The third-order valence-electron chi connectivity index (χ3n) is 5.11. The molecular formula is C22H26N4O3. The van der Waals surface area contributed by atoms with E-state index in [0.717, 1.165) is 31.4 Å². The molecule has 1 saturated carbocycles. The lowest BCUT2D eigenvalue weighted by molar-refractivity contribution is 0.0887. The first-order valence-corrected chi connectivity index (χ1v) is 9.89. The molecule has 3 rings (SSSR count). The largest absolute Gasteiger partial charge is 0.495 e. The lowest BCUT2D eigenvalue weighted by Crippen LogP contribution is -2.40. The Hall–Kier alpha value is -3.14. The van der Waals surface area contributed by atoms with E-state index < -0.39 is 0 Å². The Morgan fingerprint density at radius 2 is 1.93 bits per heavy atom. The number of methoxy groups -OCH3 is 1. The smallest absolute Gasteiger partial charge is 0.272 e. The average Bonchev–Trinajstić information content (AvgIpc) is 2.75. The van der Waals surface area contributed by atoms with Crippen molar-refractivity contribution in [2.24, 2.45) is 0 Å². The van der Waals surface area contributed by atoms with Crippen LogP contribution >= 0.6 is 0 Å². The van der Waals surface area contributed by atoms with Gasteiger partial charge in [-0.25, -0.2) is 0 Å². The van der Waals surface area contributed by atoms with Gasteiger partial charge in [0.2, 0.25) is 0 Å². The van der Waals surface area contributed by atoms with Gasteiger partial charge in [-0.3, -0.25) is 4.79 Å². The molecule has 0 atom stereocenters.